The first kappa shape index (κ1) is 16.4. The van der Waals surface area contributed by atoms with E-state index in [4.69, 9.17) is 11.1 Å². The standard InChI is InChI=1S/C14H31N3/c1-6-10-17(12(2)3)11-8-7-9-14(4,5)13(15)16/h12H,6-11H2,1-5H3,(H3,15,16). The summed E-state index contributed by atoms with van der Waals surface area (Å²) in [7, 11) is 0. The minimum absolute atomic E-state index is 0.132. The third-order valence-corrected chi connectivity index (χ3v) is 3.47. The highest BCUT2D eigenvalue weighted by Crippen LogP contribution is 2.22. The van der Waals surface area contributed by atoms with Gasteiger partial charge in [0.25, 0.3) is 0 Å². The fraction of sp³-hybridized carbons (Fsp3) is 0.929. The highest BCUT2D eigenvalue weighted by atomic mass is 15.1. The van der Waals surface area contributed by atoms with Gasteiger partial charge in [0, 0.05) is 11.5 Å². The summed E-state index contributed by atoms with van der Waals surface area (Å²) >= 11 is 0. The lowest BCUT2D eigenvalue weighted by Crippen LogP contribution is -2.33. The molecule has 0 saturated heterocycles. The average Bonchev–Trinajstić information content (AvgIpc) is 2.22. The number of nitrogens with two attached hydrogens (primary N) is 1. The van der Waals surface area contributed by atoms with Crippen LogP contribution >= 0.6 is 0 Å². The molecule has 3 heteroatoms. The van der Waals surface area contributed by atoms with Crippen LogP contribution in [0.15, 0.2) is 0 Å². The van der Waals surface area contributed by atoms with Gasteiger partial charge in [0.1, 0.15) is 0 Å². The van der Waals surface area contributed by atoms with Crippen molar-refractivity contribution < 1.29 is 0 Å². The van der Waals surface area contributed by atoms with Gasteiger partial charge in [-0.25, -0.2) is 0 Å². The van der Waals surface area contributed by atoms with Gasteiger partial charge in [-0.1, -0.05) is 27.2 Å². The Morgan fingerprint density at radius 2 is 1.82 bits per heavy atom. The molecule has 0 fully saturated rings. The minimum atomic E-state index is -0.132. The second-order valence-electron chi connectivity index (χ2n) is 5.88. The van der Waals surface area contributed by atoms with Gasteiger partial charge in [0.2, 0.25) is 0 Å². The Bertz CT molecular complexity index is 222. The summed E-state index contributed by atoms with van der Waals surface area (Å²) < 4.78 is 0. The van der Waals surface area contributed by atoms with Gasteiger partial charge < -0.3 is 10.6 Å². The van der Waals surface area contributed by atoms with Crippen molar-refractivity contribution in [1.29, 1.82) is 5.41 Å². The second kappa shape index (κ2) is 7.70. The summed E-state index contributed by atoms with van der Waals surface area (Å²) in [6, 6.07) is 0.635. The van der Waals surface area contributed by atoms with Gasteiger partial charge in [-0.15, -0.1) is 0 Å². The van der Waals surface area contributed by atoms with E-state index in [1.807, 2.05) is 0 Å². The second-order valence-corrected chi connectivity index (χ2v) is 5.88. The van der Waals surface area contributed by atoms with E-state index in [1.165, 1.54) is 25.9 Å². The van der Waals surface area contributed by atoms with Crippen molar-refractivity contribution in [2.75, 3.05) is 13.1 Å². The summed E-state index contributed by atoms with van der Waals surface area (Å²) in [5.74, 6) is 0.312. The maximum Gasteiger partial charge on any atom is 0.0963 e. The smallest absolute Gasteiger partial charge is 0.0963 e. The molecule has 0 amide bonds. The van der Waals surface area contributed by atoms with E-state index in [9.17, 15) is 0 Å². The number of nitrogens with one attached hydrogen (secondary N) is 1. The topological polar surface area (TPSA) is 53.1 Å². The summed E-state index contributed by atoms with van der Waals surface area (Å²) in [6.45, 7) is 13.2. The lowest BCUT2D eigenvalue weighted by Gasteiger charge is -2.27. The van der Waals surface area contributed by atoms with E-state index in [1.54, 1.807) is 0 Å². The molecule has 0 unspecified atom stereocenters. The van der Waals surface area contributed by atoms with Crippen molar-refractivity contribution in [3.63, 3.8) is 0 Å². The molecule has 0 aliphatic carbocycles. The molecular formula is C14H31N3. The van der Waals surface area contributed by atoms with Crippen LogP contribution in [0.3, 0.4) is 0 Å². The number of rotatable bonds is 9. The lowest BCUT2D eigenvalue weighted by molar-refractivity contribution is 0.215. The predicted molar refractivity (Wildman–Crippen MR) is 76.5 cm³/mol. The molecule has 3 nitrogen and oxygen atoms in total. The third kappa shape index (κ3) is 6.67. The van der Waals surface area contributed by atoms with Crippen molar-refractivity contribution in [3.8, 4) is 0 Å². The first-order chi connectivity index (χ1) is 7.81. The maximum absolute atomic E-state index is 7.52. The molecule has 0 bridgehead atoms. The SMILES string of the molecule is CCCN(CCCCC(C)(C)C(=N)N)C(C)C. The van der Waals surface area contributed by atoms with E-state index >= 15 is 0 Å². The minimum Gasteiger partial charge on any atom is -0.387 e. The van der Waals surface area contributed by atoms with Crippen LogP contribution in [0.5, 0.6) is 0 Å². The molecule has 0 aromatic rings. The van der Waals surface area contributed by atoms with Crippen LogP contribution < -0.4 is 5.73 Å². The Hall–Kier alpha value is -0.570. The quantitative estimate of drug-likeness (QED) is 0.370. The molecular weight excluding hydrogens is 210 g/mol. The van der Waals surface area contributed by atoms with Crippen LogP contribution in [-0.2, 0) is 0 Å². The van der Waals surface area contributed by atoms with Gasteiger partial charge in [-0.3, -0.25) is 5.41 Å². The van der Waals surface area contributed by atoms with Gasteiger partial charge in [-0.2, -0.15) is 0 Å². The molecule has 0 aliphatic heterocycles. The molecule has 0 saturated carbocycles. The largest absolute Gasteiger partial charge is 0.387 e. The van der Waals surface area contributed by atoms with Crippen LogP contribution in [0.25, 0.3) is 0 Å². The number of nitrogens with zero attached hydrogens (tertiary/aromatic N) is 1. The molecule has 0 aliphatic rings. The van der Waals surface area contributed by atoms with E-state index in [0.29, 0.717) is 11.9 Å². The Labute approximate surface area is 107 Å². The van der Waals surface area contributed by atoms with Crippen molar-refractivity contribution >= 4 is 5.84 Å². The Balaban J connectivity index is 3.86. The molecule has 0 heterocycles. The summed E-state index contributed by atoms with van der Waals surface area (Å²) in [5, 5.41) is 7.52. The number of unbranched alkanes of at least 4 members (excludes halogenated alkanes) is 1. The van der Waals surface area contributed by atoms with Crippen LogP contribution in [0.1, 0.15) is 60.3 Å². The summed E-state index contributed by atoms with van der Waals surface area (Å²) in [6.07, 6.45) is 4.59. The van der Waals surface area contributed by atoms with Gasteiger partial charge in [0.15, 0.2) is 0 Å². The van der Waals surface area contributed by atoms with E-state index in [2.05, 4.69) is 39.5 Å². The fourth-order valence-corrected chi connectivity index (χ4v) is 1.93. The average molecular weight is 241 g/mol. The predicted octanol–water partition coefficient (Wildman–Crippen LogP) is 3.24. The molecule has 0 rings (SSSR count). The number of hydrogen-bond donors (Lipinski definition) is 2. The van der Waals surface area contributed by atoms with E-state index in [-0.39, 0.29) is 5.41 Å². The van der Waals surface area contributed by atoms with E-state index in [0.717, 1.165) is 12.8 Å². The molecule has 0 atom stereocenters. The van der Waals surface area contributed by atoms with Crippen LogP contribution in [0, 0.1) is 10.8 Å². The Morgan fingerprint density at radius 1 is 1.24 bits per heavy atom. The van der Waals surface area contributed by atoms with Crippen LogP contribution in [-0.4, -0.2) is 29.9 Å². The zero-order chi connectivity index (χ0) is 13.5. The van der Waals surface area contributed by atoms with Gasteiger partial charge >= 0.3 is 0 Å². The van der Waals surface area contributed by atoms with Crippen molar-refractivity contribution in [2.45, 2.75) is 66.3 Å². The molecule has 17 heavy (non-hydrogen) atoms. The fourth-order valence-electron chi connectivity index (χ4n) is 1.93. The van der Waals surface area contributed by atoms with Crippen molar-refractivity contribution in [1.82, 2.24) is 4.90 Å². The molecule has 0 aromatic heterocycles. The first-order valence-electron chi connectivity index (χ1n) is 6.89. The third-order valence-electron chi connectivity index (χ3n) is 3.47. The molecule has 0 radical (unpaired) electrons. The number of hydrogen-bond acceptors (Lipinski definition) is 2. The highest BCUT2D eigenvalue weighted by Gasteiger charge is 2.20. The van der Waals surface area contributed by atoms with Crippen LogP contribution in [0.4, 0.5) is 0 Å². The number of amidine groups is 1. The zero-order valence-electron chi connectivity index (χ0n) is 12.3. The maximum atomic E-state index is 7.52. The molecule has 102 valence electrons. The first-order valence-corrected chi connectivity index (χ1v) is 6.89. The lowest BCUT2D eigenvalue weighted by atomic mass is 9.86. The summed E-state index contributed by atoms with van der Waals surface area (Å²) in [4.78, 5) is 2.53. The Kier molecular flexibility index (Phi) is 7.44. The molecule has 0 spiro atoms. The van der Waals surface area contributed by atoms with Crippen LogP contribution in [0.2, 0.25) is 0 Å². The van der Waals surface area contributed by atoms with Crippen molar-refractivity contribution in [2.24, 2.45) is 11.1 Å². The monoisotopic (exact) mass is 241 g/mol. The van der Waals surface area contributed by atoms with Crippen molar-refractivity contribution in [3.05, 3.63) is 0 Å². The normalized spacial score (nSPS) is 12.4. The van der Waals surface area contributed by atoms with Gasteiger partial charge in [-0.05, 0) is 46.2 Å². The van der Waals surface area contributed by atoms with E-state index < -0.39 is 0 Å². The molecule has 3 N–H and O–H groups in total. The molecule has 0 aromatic carbocycles. The summed E-state index contributed by atoms with van der Waals surface area (Å²) in [5.41, 5.74) is 5.45. The highest BCUT2D eigenvalue weighted by molar-refractivity contribution is 5.82. The Morgan fingerprint density at radius 3 is 2.24 bits per heavy atom. The van der Waals surface area contributed by atoms with Gasteiger partial charge in [0.05, 0.1) is 5.84 Å². The zero-order valence-corrected chi connectivity index (χ0v) is 12.3.